The average molecular weight is 554 g/mol. The number of aryl methyl sites for hydroxylation is 1. The third kappa shape index (κ3) is 6.17. The summed E-state index contributed by atoms with van der Waals surface area (Å²) in [6.45, 7) is 1.71. The number of benzene rings is 4. The van der Waals surface area contributed by atoms with Crippen molar-refractivity contribution in [3.63, 3.8) is 0 Å². The number of carboxylic acids is 1. The van der Waals surface area contributed by atoms with E-state index in [1.165, 1.54) is 0 Å². The van der Waals surface area contributed by atoms with Crippen molar-refractivity contribution in [1.29, 1.82) is 0 Å². The predicted molar refractivity (Wildman–Crippen MR) is 153 cm³/mol. The van der Waals surface area contributed by atoms with Crippen molar-refractivity contribution in [3.8, 4) is 11.5 Å². The minimum atomic E-state index is -1.17. The fraction of sp³-hybridized carbons (Fsp3) is 0.242. The lowest BCUT2D eigenvalue weighted by atomic mass is 9.78. The van der Waals surface area contributed by atoms with E-state index in [1.54, 1.807) is 6.07 Å². The smallest absolute Gasteiger partial charge is 0.410 e. The van der Waals surface area contributed by atoms with Gasteiger partial charge in [-0.2, -0.15) is 0 Å². The van der Waals surface area contributed by atoms with Gasteiger partial charge >= 0.3 is 12.1 Å². The highest BCUT2D eigenvalue weighted by molar-refractivity contribution is 6.09. The van der Waals surface area contributed by atoms with Gasteiger partial charge in [-0.25, -0.2) is 4.79 Å². The summed E-state index contributed by atoms with van der Waals surface area (Å²) in [5.74, 6) is -1.40. The van der Waals surface area contributed by atoms with Gasteiger partial charge in [-0.15, -0.1) is 0 Å². The Morgan fingerprint density at radius 3 is 2.22 bits per heavy atom. The molecule has 0 spiro atoms. The summed E-state index contributed by atoms with van der Waals surface area (Å²) in [6, 6.07) is 24.3. The Labute approximate surface area is 237 Å². The Morgan fingerprint density at radius 2 is 1.56 bits per heavy atom. The van der Waals surface area contributed by atoms with Gasteiger partial charge in [-0.1, -0.05) is 72.8 Å². The van der Waals surface area contributed by atoms with Crippen LogP contribution in [0.5, 0.6) is 11.5 Å². The van der Waals surface area contributed by atoms with Crippen molar-refractivity contribution >= 4 is 28.6 Å². The van der Waals surface area contributed by atoms with E-state index in [9.17, 15) is 24.6 Å². The number of Topliss-reactive ketones (excluding diaryl/α,β-unsaturated/α-hetero) is 1. The molecule has 2 N–H and O–H groups in total. The highest BCUT2D eigenvalue weighted by Gasteiger charge is 2.34. The van der Waals surface area contributed by atoms with Gasteiger partial charge in [0, 0.05) is 13.0 Å². The number of phenols is 1. The number of amides is 1. The van der Waals surface area contributed by atoms with E-state index in [0.717, 1.165) is 27.0 Å². The van der Waals surface area contributed by atoms with Crippen LogP contribution in [0.3, 0.4) is 0 Å². The zero-order valence-electron chi connectivity index (χ0n) is 22.7. The summed E-state index contributed by atoms with van der Waals surface area (Å²) in [5, 5.41) is 22.1. The van der Waals surface area contributed by atoms with Crippen LogP contribution in [0.25, 0.3) is 10.8 Å². The molecule has 0 saturated heterocycles. The molecule has 1 unspecified atom stereocenters. The van der Waals surface area contributed by atoms with E-state index in [4.69, 9.17) is 9.47 Å². The number of ketones is 1. The minimum absolute atomic E-state index is 0.00979. The first-order chi connectivity index (χ1) is 19.8. The Hall–Kier alpha value is -4.85. The molecule has 8 nitrogen and oxygen atoms in total. The second-order valence-corrected chi connectivity index (χ2v) is 10.3. The molecule has 4 aromatic carbocycles. The van der Waals surface area contributed by atoms with Crippen molar-refractivity contribution in [2.45, 2.75) is 33.0 Å². The molecule has 0 fully saturated rings. The lowest BCUT2D eigenvalue weighted by molar-refractivity contribution is -0.138. The van der Waals surface area contributed by atoms with Gasteiger partial charge in [0.05, 0.1) is 10.9 Å². The zero-order chi connectivity index (χ0) is 28.9. The number of rotatable bonds is 9. The van der Waals surface area contributed by atoms with Crippen molar-refractivity contribution in [2.75, 3.05) is 13.1 Å². The molecule has 0 heterocycles. The molecule has 5 rings (SSSR count). The quantitative estimate of drug-likeness (QED) is 0.265. The highest BCUT2D eigenvalue weighted by atomic mass is 16.6. The molecule has 1 aliphatic carbocycles. The molecule has 8 heteroatoms. The topological polar surface area (TPSA) is 113 Å². The second kappa shape index (κ2) is 12.1. The number of phenolic OH excluding ortho intramolecular Hbond substituents is 1. The highest BCUT2D eigenvalue weighted by Crippen LogP contribution is 2.44. The Bertz CT molecular complexity index is 1580. The minimum Gasteiger partial charge on any atom is -0.506 e. The molecule has 1 amide bonds. The van der Waals surface area contributed by atoms with E-state index in [2.05, 4.69) is 0 Å². The first-order valence-electron chi connectivity index (χ1n) is 13.5. The van der Waals surface area contributed by atoms with Crippen LogP contribution in [-0.2, 0) is 29.2 Å². The van der Waals surface area contributed by atoms with Gasteiger partial charge in [-0.3, -0.25) is 14.5 Å². The summed E-state index contributed by atoms with van der Waals surface area (Å²) in [5.41, 5.74) is 3.56. The number of carboxylic acid groups (broad SMARTS) is 1. The van der Waals surface area contributed by atoms with Crippen LogP contribution in [0.1, 0.15) is 39.0 Å². The van der Waals surface area contributed by atoms with E-state index < -0.39 is 18.6 Å². The van der Waals surface area contributed by atoms with Crippen LogP contribution in [0.15, 0.2) is 78.9 Å². The number of aliphatic carboxylic acids is 1. The number of hydrogen-bond acceptors (Lipinski definition) is 6. The van der Waals surface area contributed by atoms with E-state index in [-0.39, 0.29) is 42.6 Å². The van der Waals surface area contributed by atoms with Crippen LogP contribution in [0.2, 0.25) is 0 Å². The normalized spacial score (nSPS) is 14.4. The Morgan fingerprint density at radius 1 is 0.902 bits per heavy atom. The van der Waals surface area contributed by atoms with Gasteiger partial charge < -0.3 is 19.7 Å². The monoisotopic (exact) mass is 553 g/mol. The van der Waals surface area contributed by atoms with Gasteiger partial charge in [-0.05, 0) is 53.0 Å². The summed E-state index contributed by atoms with van der Waals surface area (Å²) in [4.78, 5) is 39.0. The van der Waals surface area contributed by atoms with Crippen molar-refractivity contribution in [3.05, 3.63) is 107 Å². The van der Waals surface area contributed by atoms with Crippen LogP contribution in [0, 0.1) is 12.8 Å². The molecule has 0 aliphatic heterocycles. The number of hydrogen-bond donors (Lipinski definition) is 2. The van der Waals surface area contributed by atoms with Gasteiger partial charge in [0.1, 0.15) is 31.3 Å². The first-order valence-corrected chi connectivity index (χ1v) is 13.5. The maximum absolute atomic E-state index is 13.4. The maximum Gasteiger partial charge on any atom is 0.410 e. The first kappa shape index (κ1) is 27.7. The zero-order valence-corrected chi connectivity index (χ0v) is 22.7. The molecule has 0 bridgehead atoms. The third-order valence-corrected chi connectivity index (χ3v) is 7.41. The second-order valence-electron chi connectivity index (χ2n) is 10.3. The fourth-order valence-corrected chi connectivity index (χ4v) is 5.46. The molecular weight excluding hydrogens is 522 g/mol. The summed E-state index contributed by atoms with van der Waals surface area (Å²) < 4.78 is 11.5. The van der Waals surface area contributed by atoms with Gasteiger partial charge in [0.15, 0.2) is 5.78 Å². The van der Waals surface area contributed by atoms with E-state index in [0.29, 0.717) is 29.7 Å². The number of carbonyl (C=O) groups is 3. The predicted octanol–water partition coefficient (Wildman–Crippen LogP) is 5.90. The van der Waals surface area contributed by atoms with Crippen molar-refractivity contribution in [2.24, 2.45) is 5.92 Å². The molecule has 41 heavy (non-hydrogen) atoms. The van der Waals surface area contributed by atoms with Crippen LogP contribution < -0.4 is 4.74 Å². The number of nitrogens with zero attached hydrogens (tertiary/aromatic N) is 1. The number of ether oxygens (including phenoxy) is 2. The molecule has 0 radical (unpaired) electrons. The molecule has 210 valence electrons. The fourth-order valence-electron chi connectivity index (χ4n) is 5.46. The molecule has 1 atom stereocenters. The molecule has 1 aliphatic rings. The number of fused-ring (bicyclic) bond motifs is 2. The summed E-state index contributed by atoms with van der Waals surface area (Å²) >= 11 is 0. The number of aromatic hydroxyl groups is 1. The van der Waals surface area contributed by atoms with Gasteiger partial charge in [0.2, 0.25) is 0 Å². The molecule has 0 aromatic heterocycles. The van der Waals surface area contributed by atoms with E-state index >= 15 is 0 Å². The lowest BCUT2D eigenvalue weighted by Gasteiger charge is -2.31. The largest absolute Gasteiger partial charge is 0.506 e. The average Bonchev–Trinajstić information content (AvgIpc) is 2.97. The standard InChI is InChI=1S/C33H31NO7/c1-21-25-13-8-14-28(40-19-22-9-4-2-5-10-22)31(25)32(38)30-26(21)15-24(16-27(30)35)17-34(18-29(36)37)33(39)41-20-23-11-6-3-7-12-23/h2-14,24,38H,15-20H2,1H3,(H,36,37). The summed E-state index contributed by atoms with van der Waals surface area (Å²) in [6.07, 6.45) is -0.304. The van der Waals surface area contributed by atoms with Gasteiger partial charge in [0.25, 0.3) is 0 Å². The van der Waals surface area contributed by atoms with E-state index in [1.807, 2.05) is 79.7 Å². The van der Waals surface area contributed by atoms with Crippen molar-refractivity contribution in [1.82, 2.24) is 4.90 Å². The third-order valence-electron chi connectivity index (χ3n) is 7.41. The van der Waals surface area contributed by atoms with Crippen molar-refractivity contribution < 1.29 is 34.1 Å². The lowest BCUT2D eigenvalue weighted by Crippen LogP contribution is -2.41. The number of carbonyl (C=O) groups excluding carboxylic acids is 2. The molecule has 4 aromatic rings. The van der Waals surface area contributed by atoms with Crippen LogP contribution in [-0.4, -0.2) is 46.0 Å². The Balaban J connectivity index is 1.38. The molecule has 0 saturated carbocycles. The summed E-state index contributed by atoms with van der Waals surface area (Å²) in [7, 11) is 0. The molecular formula is C33H31NO7. The van der Waals surface area contributed by atoms with Crippen LogP contribution >= 0.6 is 0 Å². The maximum atomic E-state index is 13.4. The Kier molecular flexibility index (Phi) is 8.19. The SMILES string of the molecule is Cc1c2c(c(O)c3c(OCc4ccccc4)cccc13)C(=O)CC(CN(CC(=O)O)C(=O)OCc1ccccc1)C2. The van der Waals surface area contributed by atoms with Crippen LogP contribution in [0.4, 0.5) is 4.79 Å².